The highest BCUT2D eigenvalue weighted by Gasteiger charge is 2.30. The van der Waals surface area contributed by atoms with Gasteiger partial charge in [0, 0.05) is 6.42 Å². The van der Waals surface area contributed by atoms with E-state index in [2.05, 4.69) is 5.32 Å². The fourth-order valence-electron chi connectivity index (χ4n) is 1.16. The van der Waals surface area contributed by atoms with Gasteiger partial charge in [0.1, 0.15) is 11.6 Å². The van der Waals surface area contributed by atoms with Crippen LogP contribution in [-0.4, -0.2) is 23.5 Å². The molecule has 0 bridgehead atoms. The van der Waals surface area contributed by atoms with Gasteiger partial charge >= 0.3 is 5.97 Å². The number of hydrogen-bond donors (Lipinski definition) is 1. The molecule has 1 amide bonds. The van der Waals surface area contributed by atoms with E-state index in [0.29, 0.717) is 12.8 Å². The fraction of sp³-hybridized carbons (Fsp3) is 0.818. The van der Waals surface area contributed by atoms with Gasteiger partial charge in [0.05, 0.1) is 0 Å². The first kappa shape index (κ1) is 13.9. The van der Waals surface area contributed by atoms with Crippen molar-refractivity contribution in [2.75, 3.05) is 0 Å². The van der Waals surface area contributed by atoms with Crippen LogP contribution in [-0.2, 0) is 14.3 Å². The van der Waals surface area contributed by atoms with Crippen molar-refractivity contribution >= 4 is 11.9 Å². The van der Waals surface area contributed by atoms with Crippen molar-refractivity contribution in [2.24, 2.45) is 0 Å². The summed E-state index contributed by atoms with van der Waals surface area (Å²) in [6.07, 6.45) is 0.970. The molecule has 88 valence electrons. The van der Waals surface area contributed by atoms with E-state index < -0.39 is 11.6 Å². The van der Waals surface area contributed by atoms with Crippen molar-refractivity contribution in [1.29, 1.82) is 0 Å². The van der Waals surface area contributed by atoms with Crippen molar-refractivity contribution in [1.82, 2.24) is 5.32 Å². The van der Waals surface area contributed by atoms with E-state index >= 15 is 0 Å². The minimum atomic E-state index is -0.482. The third kappa shape index (κ3) is 5.40. The molecule has 1 saturated heterocycles. The summed E-state index contributed by atoms with van der Waals surface area (Å²) in [5.74, 6) is -0.408. The van der Waals surface area contributed by atoms with Gasteiger partial charge in [-0.2, -0.15) is 0 Å². The number of carbonyl (C=O) groups excluding carboxylic acids is 2. The summed E-state index contributed by atoms with van der Waals surface area (Å²) in [5.41, 5.74) is -0.482. The number of nitrogens with one attached hydrogen (secondary N) is 1. The molecular weight excluding hydrogens is 194 g/mol. The maximum Gasteiger partial charge on any atom is 0.329 e. The number of ether oxygens (including phenoxy) is 1. The smallest absolute Gasteiger partial charge is 0.329 e. The Labute approximate surface area is 91.4 Å². The molecule has 0 aromatic carbocycles. The minimum Gasteiger partial charge on any atom is -0.458 e. The summed E-state index contributed by atoms with van der Waals surface area (Å²) in [6.45, 7) is 9.42. The summed E-state index contributed by atoms with van der Waals surface area (Å²) in [5, 5.41) is 2.56. The van der Waals surface area contributed by atoms with Gasteiger partial charge in [-0.15, -0.1) is 0 Å². The average Bonchev–Trinajstić information content (AvgIpc) is 2.52. The Bertz CT molecular complexity index is 230. The molecule has 1 rings (SSSR count). The van der Waals surface area contributed by atoms with Gasteiger partial charge in [-0.1, -0.05) is 13.8 Å². The number of amides is 1. The van der Waals surface area contributed by atoms with Crippen LogP contribution in [0.4, 0.5) is 0 Å². The molecule has 4 heteroatoms. The Kier molecular flexibility index (Phi) is 5.33. The van der Waals surface area contributed by atoms with Crippen molar-refractivity contribution in [3.63, 3.8) is 0 Å². The third-order valence-corrected chi connectivity index (χ3v) is 1.69. The largest absolute Gasteiger partial charge is 0.458 e. The number of esters is 1. The van der Waals surface area contributed by atoms with Crippen LogP contribution in [0.3, 0.4) is 0 Å². The lowest BCUT2D eigenvalue weighted by Gasteiger charge is -2.21. The molecule has 0 aromatic heterocycles. The van der Waals surface area contributed by atoms with E-state index in [9.17, 15) is 9.59 Å². The normalized spacial score (nSPS) is 20.1. The fourth-order valence-corrected chi connectivity index (χ4v) is 1.16. The van der Waals surface area contributed by atoms with Crippen molar-refractivity contribution in [2.45, 2.75) is 59.1 Å². The molecule has 0 aromatic rings. The van der Waals surface area contributed by atoms with Gasteiger partial charge in [-0.25, -0.2) is 4.79 Å². The van der Waals surface area contributed by atoms with E-state index in [1.807, 2.05) is 34.6 Å². The van der Waals surface area contributed by atoms with Crippen molar-refractivity contribution < 1.29 is 14.3 Å². The molecule has 1 atom stereocenters. The maximum absolute atomic E-state index is 11.4. The molecule has 1 aliphatic rings. The molecule has 15 heavy (non-hydrogen) atoms. The highest BCUT2D eigenvalue weighted by atomic mass is 16.6. The zero-order chi connectivity index (χ0) is 12.1. The van der Waals surface area contributed by atoms with Crippen LogP contribution < -0.4 is 5.32 Å². The topological polar surface area (TPSA) is 55.4 Å². The molecule has 1 fully saturated rings. The summed E-state index contributed by atoms with van der Waals surface area (Å²) in [6, 6.07) is -0.438. The predicted octanol–water partition coefficient (Wildman–Crippen LogP) is 1.63. The van der Waals surface area contributed by atoms with Gasteiger partial charge in [0.2, 0.25) is 5.91 Å². The third-order valence-electron chi connectivity index (χ3n) is 1.69. The quantitative estimate of drug-likeness (QED) is 0.676. The molecule has 1 aliphatic heterocycles. The average molecular weight is 215 g/mol. The zero-order valence-corrected chi connectivity index (χ0v) is 10.2. The Morgan fingerprint density at radius 1 is 1.40 bits per heavy atom. The van der Waals surface area contributed by atoms with Crippen LogP contribution in [0.2, 0.25) is 0 Å². The first-order valence-corrected chi connectivity index (χ1v) is 5.41. The van der Waals surface area contributed by atoms with E-state index in [1.54, 1.807) is 0 Å². The van der Waals surface area contributed by atoms with Crippen LogP contribution in [0.5, 0.6) is 0 Å². The summed E-state index contributed by atoms with van der Waals surface area (Å²) < 4.78 is 5.12. The maximum atomic E-state index is 11.4. The molecule has 0 spiro atoms. The minimum absolute atomic E-state index is 0.0733. The molecule has 1 heterocycles. The standard InChI is InChI=1S/C9H15NO3.C2H6/c1-9(2,3)13-8(12)6-4-5-7(11)10-6;1-2/h6H,4-5H2,1-3H3,(H,10,11);1-2H3. The Morgan fingerprint density at radius 2 is 1.93 bits per heavy atom. The first-order valence-electron chi connectivity index (χ1n) is 5.41. The second kappa shape index (κ2) is 5.73. The lowest BCUT2D eigenvalue weighted by Crippen LogP contribution is -2.38. The van der Waals surface area contributed by atoms with Gasteiger partial charge < -0.3 is 10.1 Å². The Hall–Kier alpha value is -1.06. The summed E-state index contributed by atoms with van der Waals surface area (Å²) in [4.78, 5) is 22.2. The molecule has 0 aliphatic carbocycles. The van der Waals surface area contributed by atoms with Gasteiger partial charge in [-0.05, 0) is 27.2 Å². The molecule has 1 N–H and O–H groups in total. The molecule has 0 radical (unpaired) electrons. The lowest BCUT2D eigenvalue weighted by atomic mass is 10.2. The summed E-state index contributed by atoms with van der Waals surface area (Å²) in [7, 11) is 0. The van der Waals surface area contributed by atoms with Crippen LogP contribution in [0.25, 0.3) is 0 Å². The van der Waals surface area contributed by atoms with Gasteiger partial charge in [0.15, 0.2) is 0 Å². The van der Waals surface area contributed by atoms with Crippen molar-refractivity contribution in [3.8, 4) is 0 Å². The number of carbonyl (C=O) groups is 2. The molecule has 1 unspecified atom stereocenters. The van der Waals surface area contributed by atoms with E-state index in [4.69, 9.17) is 4.74 Å². The molecular formula is C11H21NO3. The zero-order valence-electron chi connectivity index (χ0n) is 10.2. The Morgan fingerprint density at radius 3 is 2.27 bits per heavy atom. The van der Waals surface area contributed by atoms with E-state index in [0.717, 1.165) is 0 Å². The lowest BCUT2D eigenvalue weighted by molar-refractivity contribution is -0.157. The number of hydrogen-bond acceptors (Lipinski definition) is 3. The second-order valence-corrected chi connectivity index (χ2v) is 4.19. The monoisotopic (exact) mass is 215 g/mol. The summed E-state index contributed by atoms with van der Waals surface area (Å²) >= 11 is 0. The Balaban J connectivity index is 0.000000921. The van der Waals surface area contributed by atoms with Gasteiger partial charge in [0.25, 0.3) is 0 Å². The van der Waals surface area contributed by atoms with Crippen LogP contribution >= 0.6 is 0 Å². The molecule has 0 saturated carbocycles. The van der Waals surface area contributed by atoms with E-state index in [-0.39, 0.29) is 11.9 Å². The van der Waals surface area contributed by atoms with Crippen LogP contribution in [0.1, 0.15) is 47.5 Å². The number of rotatable bonds is 1. The molecule has 4 nitrogen and oxygen atoms in total. The van der Waals surface area contributed by atoms with Gasteiger partial charge in [-0.3, -0.25) is 4.79 Å². The second-order valence-electron chi connectivity index (χ2n) is 4.19. The van der Waals surface area contributed by atoms with Crippen molar-refractivity contribution in [3.05, 3.63) is 0 Å². The first-order chi connectivity index (χ1) is 6.88. The van der Waals surface area contributed by atoms with E-state index in [1.165, 1.54) is 0 Å². The van der Waals surface area contributed by atoms with Crippen LogP contribution in [0, 0.1) is 0 Å². The highest BCUT2D eigenvalue weighted by molar-refractivity contribution is 5.88. The highest BCUT2D eigenvalue weighted by Crippen LogP contribution is 2.13. The SMILES string of the molecule is CC.CC(C)(C)OC(=O)C1CCC(=O)N1. The van der Waals surface area contributed by atoms with Crippen LogP contribution in [0.15, 0.2) is 0 Å². The predicted molar refractivity (Wildman–Crippen MR) is 58.4 cm³/mol.